The number of fused-ring (bicyclic) bond motifs is 1. The maximum Gasteiger partial charge on any atom is 0.234 e. The van der Waals surface area contributed by atoms with Crippen molar-refractivity contribution in [2.45, 2.75) is 44.6 Å². The molecule has 110 valence electrons. The molecule has 2 N–H and O–H groups in total. The minimum absolute atomic E-state index is 0.504. The van der Waals surface area contributed by atoms with Gasteiger partial charge in [-0.1, -0.05) is 30.6 Å². The summed E-state index contributed by atoms with van der Waals surface area (Å²) in [6.07, 6.45) is 9.75. The van der Waals surface area contributed by atoms with Crippen LogP contribution in [0.5, 0.6) is 0 Å². The van der Waals surface area contributed by atoms with Crippen LogP contribution in [0.3, 0.4) is 0 Å². The molecule has 0 spiro atoms. The monoisotopic (exact) mass is 303 g/mol. The van der Waals surface area contributed by atoms with Crippen LogP contribution in [0, 0.1) is 0 Å². The van der Waals surface area contributed by atoms with E-state index in [9.17, 15) is 0 Å². The maximum atomic E-state index is 5.68. The fraction of sp³-hybridized carbons (Fsp3) is 0.538. The molecular formula is C13H17N7S. The molecule has 21 heavy (non-hydrogen) atoms. The summed E-state index contributed by atoms with van der Waals surface area (Å²) in [5, 5.41) is 18.4. The zero-order valence-corrected chi connectivity index (χ0v) is 12.5. The van der Waals surface area contributed by atoms with Crippen LogP contribution in [0.25, 0.3) is 4.96 Å². The van der Waals surface area contributed by atoms with Crippen molar-refractivity contribution in [1.29, 1.82) is 0 Å². The topological polar surface area (TPSA) is 86.9 Å². The predicted molar refractivity (Wildman–Crippen MR) is 80.2 cm³/mol. The van der Waals surface area contributed by atoms with Gasteiger partial charge in [-0.3, -0.25) is 4.68 Å². The van der Waals surface area contributed by atoms with Gasteiger partial charge in [0, 0.05) is 12.1 Å². The van der Waals surface area contributed by atoms with Gasteiger partial charge in [-0.15, -0.1) is 10.2 Å². The molecule has 3 heterocycles. The van der Waals surface area contributed by atoms with E-state index in [0.717, 1.165) is 15.8 Å². The molecule has 1 fully saturated rings. The van der Waals surface area contributed by atoms with E-state index in [4.69, 9.17) is 5.73 Å². The Morgan fingerprint density at radius 1 is 1.24 bits per heavy atom. The van der Waals surface area contributed by atoms with Crippen molar-refractivity contribution < 1.29 is 0 Å². The number of rotatable bonds is 3. The van der Waals surface area contributed by atoms with Gasteiger partial charge in [0.05, 0.1) is 18.4 Å². The van der Waals surface area contributed by atoms with Crippen LogP contribution < -0.4 is 5.73 Å². The number of anilines is 1. The highest BCUT2D eigenvalue weighted by Crippen LogP contribution is 2.32. The minimum Gasteiger partial charge on any atom is -0.396 e. The summed E-state index contributed by atoms with van der Waals surface area (Å²) < 4.78 is 3.71. The predicted octanol–water partition coefficient (Wildman–Crippen LogP) is 2.06. The lowest BCUT2D eigenvalue weighted by atomic mass is 9.89. The summed E-state index contributed by atoms with van der Waals surface area (Å²) in [6, 6.07) is 0. The van der Waals surface area contributed by atoms with Crippen LogP contribution in [-0.4, -0.2) is 29.6 Å². The lowest BCUT2D eigenvalue weighted by molar-refractivity contribution is 0.422. The highest BCUT2D eigenvalue weighted by Gasteiger charge is 2.22. The zero-order chi connectivity index (χ0) is 14.2. The number of aromatic nitrogens is 6. The summed E-state index contributed by atoms with van der Waals surface area (Å²) in [5.74, 6) is 1.52. The summed E-state index contributed by atoms with van der Waals surface area (Å²) in [5.41, 5.74) is 6.35. The van der Waals surface area contributed by atoms with Crippen molar-refractivity contribution in [3.63, 3.8) is 0 Å². The Morgan fingerprint density at radius 3 is 2.86 bits per heavy atom. The molecule has 0 aliphatic heterocycles. The molecule has 8 heteroatoms. The summed E-state index contributed by atoms with van der Waals surface area (Å²) >= 11 is 1.56. The largest absolute Gasteiger partial charge is 0.396 e. The maximum absolute atomic E-state index is 5.68. The summed E-state index contributed by atoms with van der Waals surface area (Å²) in [7, 11) is 0. The van der Waals surface area contributed by atoms with E-state index >= 15 is 0 Å². The van der Waals surface area contributed by atoms with E-state index in [1.54, 1.807) is 22.2 Å². The molecule has 4 rings (SSSR count). The molecule has 1 saturated carbocycles. The molecule has 3 aromatic rings. The van der Waals surface area contributed by atoms with Crippen molar-refractivity contribution in [3.8, 4) is 0 Å². The first-order valence-electron chi connectivity index (χ1n) is 7.28. The lowest BCUT2D eigenvalue weighted by Crippen LogP contribution is -2.09. The van der Waals surface area contributed by atoms with E-state index in [2.05, 4.69) is 20.4 Å². The van der Waals surface area contributed by atoms with Gasteiger partial charge in [0.1, 0.15) is 5.01 Å². The van der Waals surface area contributed by atoms with Gasteiger partial charge in [0.15, 0.2) is 5.82 Å². The Labute approximate surface area is 125 Å². The van der Waals surface area contributed by atoms with Gasteiger partial charge in [-0.2, -0.15) is 14.7 Å². The van der Waals surface area contributed by atoms with E-state index in [1.807, 2.05) is 10.7 Å². The first-order chi connectivity index (χ1) is 10.3. The fourth-order valence-electron chi connectivity index (χ4n) is 2.96. The number of nitrogen functional groups attached to an aromatic ring is 1. The average molecular weight is 303 g/mol. The SMILES string of the molecule is Nc1cnn(Cc2nn3c(C4CCCCC4)nnc3s2)c1. The van der Waals surface area contributed by atoms with Crippen molar-refractivity contribution in [1.82, 2.24) is 29.6 Å². The van der Waals surface area contributed by atoms with Gasteiger partial charge in [0.25, 0.3) is 0 Å². The minimum atomic E-state index is 0.504. The van der Waals surface area contributed by atoms with Crippen molar-refractivity contribution >= 4 is 22.0 Å². The number of hydrogen-bond acceptors (Lipinski definition) is 6. The summed E-state index contributed by atoms with van der Waals surface area (Å²) in [4.78, 5) is 0.866. The molecule has 1 aliphatic carbocycles. The molecule has 0 unspecified atom stereocenters. The van der Waals surface area contributed by atoms with Gasteiger partial charge < -0.3 is 5.73 Å². The van der Waals surface area contributed by atoms with Crippen LogP contribution in [0.15, 0.2) is 12.4 Å². The zero-order valence-electron chi connectivity index (χ0n) is 11.6. The Morgan fingerprint density at radius 2 is 2.10 bits per heavy atom. The lowest BCUT2D eigenvalue weighted by Gasteiger charge is -2.18. The number of nitrogens with two attached hydrogens (primary N) is 1. The van der Waals surface area contributed by atoms with Gasteiger partial charge in [-0.25, -0.2) is 0 Å². The molecule has 0 radical (unpaired) electrons. The van der Waals surface area contributed by atoms with E-state index in [0.29, 0.717) is 18.2 Å². The Bertz CT molecular complexity index is 750. The third-order valence-corrected chi connectivity index (χ3v) is 4.86. The molecule has 7 nitrogen and oxygen atoms in total. The Kier molecular flexibility index (Phi) is 3.10. The quantitative estimate of drug-likeness (QED) is 0.800. The van der Waals surface area contributed by atoms with Gasteiger partial charge >= 0.3 is 0 Å². The standard InChI is InChI=1S/C13H17N7S/c14-10-6-15-19(7-10)8-11-18-20-12(16-17-13(20)21-11)9-4-2-1-3-5-9/h6-7,9H,1-5,8,14H2. The molecule has 1 aliphatic rings. The third kappa shape index (κ3) is 2.39. The van der Waals surface area contributed by atoms with E-state index in [1.165, 1.54) is 32.1 Å². The van der Waals surface area contributed by atoms with Crippen LogP contribution in [0.4, 0.5) is 5.69 Å². The summed E-state index contributed by atoms with van der Waals surface area (Å²) in [6.45, 7) is 0.620. The second kappa shape index (κ2) is 5.10. The highest BCUT2D eigenvalue weighted by atomic mass is 32.1. The van der Waals surface area contributed by atoms with Crippen LogP contribution in [0.1, 0.15) is 48.9 Å². The molecule has 0 amide bonds. The fourth-order valence-corrected chi connectivity index (χ4v) is 3.79. The molecular weight excluding hydrogens is 286 g/mol. The molecule has 0 atom stereocenters. The Balaban J connectivity index is 1.62. The van der Waals surface area contributed by atoms with Crippen molar-refractivity contribution in [2.24, 2.45) is 0 Å². The first-order valence-corrected chi connectivity index (χ1v) is 8.10. The van der Waals surface area contributed by atoms with E-state index in [-0.39, 0.29) is 0 Å². The van der Waals surface area contributed by atoms with Crippen molar-refractivity contribution in [3.05, 3.63) is 23.2 Å². The smallest absolute Gasteiger partial charge is 0.234 e. The number of hydrogen-bond donors (Lipinski definition) is 1. The second-order valence-electron chi connectivity index (χ2n) is 5.55. The average Bonchev–Trinajstić information content (AvgIpc) is 3.16. The first kappa shape index (κ1) is 12.8. The molecule has 0 bridgehead atoms. The van der Waals surface area contributed by atoms with Gasteiger partial charge in [-0.05, 0) is 12.8 Å². The molecule has 3 aromatic heterocycles. The number of nitrogens with zero attached hydrogens (tertiary/aromatic N) is 6. The second-order valence-corrected chi connectivity index (χ2v) is 6.60. The van der Waals surface area contributed by atoms with Crippen LogP contribution in [-0.2, 0) is 6.54 Å². The van der Waals surface area contributed by atoms with Crippen LogP contribution in [0.2, 0.25) is 0 Å². The molecule has 0 saturated heterocycles. The van der Waals surface area contributed by atoms with E-state index < -0.39 is 0 Å². The highest BCUT2D eigenvalue weighted by molar-refractivity contribution is 7.16. The molecule has 0 aromatic carbocycles. The van der Waals surface area contributed by atoms with Crippen LogP contribution >= 0.6 is 11.3 Å². The van der Waals surface area contributed by atoms with Gasteiger partial charge in [0.2, 0.25) is 4.96 Å². The third-order valence-electron chi connectivity index (χ3n) is 3.98. The van der Waals surface area contributed by atoms with Crippen molar-refractivity contribution in [2.75, 3.05) is 5.73 Å². The Hall–Kier alpha value is -1.96. The normalized spacial score (nSPS) is 16.8.